The third-order valence-electron chi connectivity index (χ3n) is 2.97. The zero-order valence-electron chi connectivity index (χ0n) is 12.8. The molecule has 1 aromatic heterocycles. The molecule has 0 bridgehead atoms. The maximum absolute atomic E-state index is 11.5. The smallest absolute Gasteiger partial charge is 0.221 e. The average Bonchev–Trinajstić information content (AvgIpc) is 2.70. The van der Waals surface area contributed by atoms with Gasteiger partial charge in [0, 0.05) is 32.1 Å². The highest BCUT2D eigenvalue weighted by molar-refractivity contribution is 9.10. The van der Waals surface area contributed by atoms with E-state index in [4.69, 9.17) is 0 Å². The Morgan fingerprint density at radius 2 is 2.10 bits per heavy atom. The summed E-state index contributed by atoms with van der Waals surface area (Å²) in [6.45, 7) is 10.4. The summed E-state index contributed by atoms with van der Waals surface area (Å²) in [6, 6.07) is 0.199. The summed E-state index contributed by atoms with van der Waals surface area (Å²) >= 11 is 3.61. The Labute approximate surface area is 129 Å². The second kappa shape index (κ2) is 8.42. The molecule has 0 aliphatic rings. The number of rotatable bonds is 8. The summed E-state index contributed by atoms with van der Waals surface area (Å²) in [5, 5.41) is 10.7. The Bertz CT molecular complexity index is 443. The van der Waals surface area contributed by atoms with Gasteiger partial charge < -0.3 is 10.6 Å². The predicted octanol–water partition coefficient (Wildman–Crippen LogP) is 2.23. The van der Waals surface area contributed by atoms with Crippen LogP contribution in [0.25, 0.3) is 0 Å². The zero-order valence-corrected chi connectivity index (χ0v) is 14.4. The van der Waals surface area contributed by atoms with E-state index in [-0.39, 0.29) is 11.9 Å². The Morgan fingerprint density at radius 3 is 2.65 bits per heavy atom. The van der Waals surface area contributed by atoms with Gasteiger partial charge in [-0.05, 0) is 43.1 Å². The average molecular weight is 345 g/mol. The lowest BCUT2D eigenvalue weighted by Gasteiger charge is -2.09. The molecular formula is C14H25BrN4O. The number of nitrogens with one attached hydrogen (secondary N) is 2. The van der Waals surface area contributed by atoms with E-state index >= 15 is 0 Å². The van der Waals surface area contributed by atoms with E-state index in [0.29, 0.717) is 13.0 Å². The van der Waals surface area contributed by atoms with E-state index in [2.05, 4.69) is 45.5 Å². The fourth-order valence-electron chi connectivity index (χ4n) is 1.99. The second-order valence-electron chi connectivity index (χ2n) is 5.03. The van der Waals surface area contributed by atoms with Crippen LogP contribution >= 0.6 is 15.9 Å². The molecule has 0 aliphatic heterocycles. The number of hydrogen-bond donors (Lipinski definition) is 2. The predicted molar refractivity (Wildman–Crippen MR) is 84.6 cm³/mol. The molecule has 0 radical (unpaired) electrons. The van der Waals surface area contributed by atoms with Gasteiger partial charge in [0.1, 0.15) is 0 Å². The molecule has 0 saturated carbocycles. The van der Waals surface area contributed by atoms with Crippen LogP contribution in [0, 0.1) is 0 Å². The molecule has 0 spiro atoms. The summed E-state index contributed by atoms with van der Waals surface area (Å²) in [7, 11) is 0. The van der Waals surface area contributed by atoms with Crippen molar-refractivity contribution in [2.24, 2.45) is 0 Å². The van der Waals surface area contributed by atoms with Crippen molar-refractivity contribution < 1.29 is 4.79 Å². The van der Waals surface area contributed by atoms with Crippen LogP contribution in [0.15, 0.2) is 4.47 Å². The molecule has 1 rings (SSSR count). The minimum Gasteiger partial charge on any atom is -0.354 e. The highest BCUT2D eigenvalue weighted by Crippen LogP contribution is 2.22. The van der Waals surface area contributed by atoms with Crippen LogP contribution in [0.4, 0.5) is 0 Å². The normalized spacial score (nSPS) is 11.1. The Morgan fingerprint density at radius 1 is 1.40 bits per heavy atom. The van der Waals surface area contributed by atoms with E-state index in [9.17, 15) is 4.79 Å². The molecule has 1 aromatic rings. The highest BCUT2D eigenvalue weighted by Gasteiger charge is 2.13. The van der Waals surface area contributed by atoms with Gasteiger partial charge in [-0.15, -0.1) is 0 Å². The molecule has 0 unspecified atom stereocenters. The quantitative estimate of drug-likeness (QED) is 0.711. The number of halogens is 1. The van der Waals surface area contributed by atoms with Crippen molar-refractivity contribution in [1.82, 2.24) is 20.4 Å². The van der Waals surface area contributed by atoms with Crippen LogP contribution in [0.3, 0.4) is 0 Å². The summed E-state index contributed by atoms with van der Waals surface area (Å²) in [5.41, 5.74) is 2.23. The summed E-state index contributed by atoms with van der Waals surface area (Å²) in [5.74, 6) is 0.0878. The molecule has 114 valence electrons. The molecule has 1 amide bonds. The highest BCUT2D eigenvalue weighted by atomic mass is 79.9. The first-order valence-electron chi connectivity index (χ1n) is 7.23. The van der Waals surface area contributed by atoms with Gasteiger partial charge in [-0.1, -0.05) is 6.92 Å². The van der Waals surface area contributed by atoms with Gasteiger partial charge in [-0.25, -0.2) is 0 Å². The van der Waals surface area contributed by atoms with Crippen molar-refractivity contribution in [2.75, 3.05) is 6.54 Å². The third kappa shape index (κ3) is 4.90. The van der Waals surface area contributed by atoms with Gasteiger partial charge in [0.15, 0.2) is 0 Å². The maximum Gasteiger partial charge on any atom is 0.221 e. The lowest BCUT2D eigenvalue weighted by Crippen LogP contribution is -2.32. The summed E-state index contributed by atoms with van der Waals surface area (Å²) in [6.07, 6.45) is 1.41. The molecule has 6 heteroatoms. The molecule has 0 aliphatic carbocycles. The molecule has 1 heterocycles. The second-order valence-corrected chi connectivity index (χ2v) is 5.82. The van der Waals surface area contributed by atoms with E-state index < -0.39 is 0 Å². The van der Waals surface area contributed by atoms with E-state index in [1.165, 1.54) is 0 Å². The first kappa shape index (κ1) is 17.2. The van der Waals surface area contributed by atoms with Crippen molar-refractivity contribution >= 4 is 21.8 Å². The monoisotopic (exact) mass is 344 g/mol. The van der Waals surface area contributed by atoms with Crippen LogP contribution in [-0.4, -0.2) is 28.3 Å². The fraction of sp³-hybridized carbons (Fsp3) is 0.714. The van der Waals surface area contributed by atoms with Crippen LogP contribution in [0.1, 0.15) is 45.5 Å². The lowest BCUT2D eigenvalue weighted by atomic mass is 10.3. The van der Waals surface area contributed by atoms with E-state index in [0.717, 1.165) is 35.4 Å². The molecular weight excluding hydrogens is 320 g/mol. The van der Waals surface area contributed by atoms with Crippen LogP contribution in [0.2, 0.25) is 0 Å². The third-order valence-corrected chi connectivity index (χ3v) is 3.88. The molecule has 0 aromatic carbocycles. The molecule has 0 atom stereocenters. The van der Waals surface area contributed by atoms with E-state index in [1.807, 2.05) is 18.5 Å². The molecule has 2 N–H and O–H groups in total. The maximum atomic E-state index is 11.5. The van der Waals surface area contributed by atoms with Crippen molar-refractivity contribution in [3.8, 4) is 0 Å². The number of aromatic nitrogens is 2. The largest absolute Gasteiger partial charge is 0.354 e. The Kier molecular flexibility index (Phi) is 7.23. The topological polar surface area (TPSA) is 59.0 Å². The van der Waals surface area contributed by atoms with Gasteiger partial charge >= 0.3 is 0 Å². The minimum absolute atomic E-state index is 0.0878. The molecule has 0 fully saturated rings. The van der Waals surface area contributed by atoms with Crippen molar-refractivity contribution in [3.63, 3.8) is 0 Å². The van der Waals surface area contributed by atoms with E-state index in [1.54, 1.807) is 0 Å². The first-order valence-corrected chi connectivity index (χ1v) is 8.02. The first-order chi connectivity index (χ1) is 9.49. The van der Waals surface area contributed by atoms with Crippen LogP contribution < -0.4 is 10.6 Å². The number of carbonyl (C=O) groups is 1. The number of nitrogens with zero attached hydrogens (tertiary/aromatic N) is 2. The molecule has 5 nitrogen and oxygen atoms in total. The van der Waals surface area contributed by atoms with Crippen molar-refractivity contribution in [3.05, 3.63) is 15.9 Å². The van der Waals surface area contributed by atoms with Gasteiger partial charge in [0.05, 0.1) is 15.9 Å². The van der Waals surface area contributed by atoms with Gasteiger partial charge in [-0.2, -0.15) is 5.10 Å². The minimum atomic E-state index is 0.0878. The molecule has 0 saturated heterocycles. The van der Waals surface area contributed by atoms with Gasteiger partial charge in [0.25, 0.3) is 0 Å². The zero-order chi connectivity index (χ0) is 15.1. The fourth-order valence-corrected chi connectivity index (χ4v) is 2.69. The SMILES string of the molecule is CCc1nn(CC)c(CNCCC(=O)NC(C)C)c1Br. The number of carbonyl (C=O) groups excluding carboxylic acids is 1. The number of hydrogen-bond acceptors (Lipinski definition) is 3. The Balaban J connectivity index is 2.46. The van der Waals surface area contributed by atoms with Gasteiger partial charge in [0.2, 0.25) is 5.91 Å². The number of aryl methyl sites for hydroxylation is 2. The Hall–Kier alpha value is -0.880. The number of amides is 1. The van der Waals surface area contributed by atoms with Crippen LogP contribution in [0.5, 0.6) is 0 Å². The van der Waals surface area contributed by atoms with Crippen LogP contribution in [-0.2, 0) is 24.3 Å². The van der Waals surface area contributed by atoms with Crippen molar-refractivity contribution in [1.29, 1.82) is 0 Å². The summed E-state index contributed by atoms with van der Waals surface area (Å²) < 4.78 is 3.09. The van der Waals surface area contributed by atoms with Gasteiger partial charge in [-0.3, -0.25) is 9.48 Å². The standard InChI is InChI=1S/C14H25BrN4O/c1-5-11-14(15)12(19(6-2)18-11)9-16-8-7-13(20)17-10(3)4/h10,16H,5-9H2,1-4H3,(H,17,20). The van der Waals surface area contributed by atoms with Crippen molar-refractivity contribution in [2.45, 2.75) is 59.7 Å². The summed E-state index contributed by atoms with van der Waals surface area (Å²) in [4.78, 5) is 11.5. The molecule has 20 heavy (non-hydrogen) atoms. The lowest BCUT2D eigenvalue weighted by molar-refractivity contribution is -0.121.